The first kappa shape index (κ1) is 17.6. The average molecular weight is 340 g/mol. The minimum absolute atomic E-state index is 0.0157. The number of hydrogen-bond donors (Lipinski definition) is 5. The van der Waals surface area contributed by atoms with Gasteiger partial charge in [0, 0.05) is 31.2 Å². The maximum absolute atomic E-state index is 12.6. The summed E-state index contributed by atoms with van der Waals surface area (Å²) in [5.41, 5.74) is 15.7. The summed E-state index contributed by atoms with van der Waals surface area (Å²) in [5, 5.41) is 12.1. The van der Waals surface area contributed by atoms with E-state index in [1.54, 1.807) is 0 Å². The zero-order valence-corrected chi connectivity index (χ0v) is 14.0. The Bertz CT molecular complexity index is 694. The summed E-state index contributed by atoms with van der Waals surface area (Å²) in [7, 11) is 0. The monoisotopic (exact) mass is 340 g/mol. The fraction of sp³-hybridized carbons (Fsp3) is 0.316. The summed E-state index contributed by atoms with van der Waals surface area (Å²) in [6, 6.07) is 15.2. The van der Waals surface area contributed by atoms with Crippen LogP contribution in [-0.4, -0.2) is 30.6 Å². The van der Waals surface area contributed by atoms with Gasteiger partial charge in [-0.1, -0.05) is 36.4 Å². The molecule has 3 rings (SSSR count). The van der Waals surface area contributed by atoms with E-state index in [1.165, 1.54) is 5.56 Å². The third-order valence-electron chi connectivity index (χ3n) is 4.59. The molecule has 0 spiro atoms. The van der Waals surface area contributed by atoms with Crippen molar-refractivity contribution in [2.24, 2.45) is 5.73 Å². The minimum Gasteiger partial charge on any atom is -0.392 e. The normalized spacial score (nSPS) is 15.9. The predicted molar refractivity (Wildman–Crippen MR) is 98.0 cm³/mol. The van der Waals surface area contributed by atoms with Crippen LogP contribution in [0.3, 0.4) is 0 Å². The first-order chi connectivity index (χ1) is 12.2. The molecule has 1 aliphatic heterocycles. The van der Waals surface area contributed by atoms with E-state index in [1.807, 2.05) is 48.5 Å². The molecule has 1 amide bonds. The van der Waals surface area contributed by atoms with Crippen LogP contribution in [0.15, 0.2) is 48.5 Å². The molecule has 2 aromatic rings. The summed E-state index contributed by atoms with van der Waals surface area (Å²) in [6.07, 6.45) is 0. The molecule has 6 heteroatoms. The molecule has 1 saturated heterocycles. The Kier molecular flexibility index (Phi) is 5.78. The second-order valence-electron chi connectivity index (χ2n) is 6.26. The summed E-state index contributed by atoms with van der Waals surface area (Å²) in [5.74, 6) is -0.0987. The van der Waals surface area contributed by atoms with Crippen molar-refractivity contribution in [2.45, 2.75) is 18.4 Å². The van der Waals surface area contributed by atoms with Crippen molar-refractivity contribution in [1.82, 2.24) is 10.9 Å². The van der Waals surface area contributed by atoms with Crippen LogP contribution in [0.5, 0.6) is 0 Å². The maximum Gasteiger partial charge on any atom is 0.233 e. The highest BCUT2D eigenvalue weighted by Crippen LogP contribution is 2.21. The van der Waals surface area contributed by atoms with E-state index in [9.17, 15) is 4.79 Å². The van der Waals surface area contributed by atoms with Gasteiger partial charge in [0.25, 0.3) is 0 Å². The third kappa shape index (κ3) is 4.24. The zero-order chi connectivity index (χ0) is 17.6. The summed E-state index contributed by atoms with van der Waals surface area (Å²) in [4.78, 5) is 12.6. The van der Waals surface area contributed by atoms with Gasteiger partial charge in [0.2, 0.25) is 5.91 Å². The molecule has 6 N–H and O–H groups in total. The van der Waals surface area contributed by atoms with Gasteiger partial charge in [-0.05, 0) is 28.8 Å². The molecule has 132 valence electrons. The molecular formula is C19H24N4O2. The highest BCUT2D eigenvalue weighted by Gasteiger charge is 2.20. The lowest BCUT2D eigenvalue weighted by Crippen LogP contribution is -2.27. The largest absolute Gasteiger partial charge is 0.392 e. The van der Waals surface area contributed by atoms with Crippen LogP contribution in [0.4, 0.5) is 5.69 Å². The van der Waals surface area contributed by atoms with Crippen molar-refractivity contribution in [1.29, 1.82) is 0 Å². The topological polar surface area (TPSA) is 99.4 Å². The molecule has 1 fully saturated rings. The van der Waals surface area contributed by atoms with Crippen LogP contribution >= 0.6 is 0 Å². The van der Waals surface area contributed by atoms with E-state index >= 15 is 0 Å². The molecule has 0 bridgehead atoms. The Morgan fingerprint density at radius 2 is 1.76 bits per heavy atom. The molecule has 1 heterocycles. The van der Waals surface area contributed by atoms with Gasteiger partial charge in [0.15, 0.2) is 0 Å². The fourth-order valence-electron chi connectivity index (χ4n) is 3.02. The Balaban J connectivity index is 1.66. The number of rotatable bonds is 6. The van der Waals surface area contributed by atoms with Crippen molar-refractivity contribution in [3.8, 4) is 0 Å². The number of anilines is 1. The Morgan fingerprint density at radius 1 is 1.12 bits per heavy atom. The standard InChI is InChI=1S/C19H24N4O2/c20-9-18(15-3-1-13(12-24)2-4-15)19(25)23-17-7-5-14(6-8-17)16-10-21-22-11-16/h1-8,16,18,21-22,24H,9-12,20H2,(H,23,25). The predicted octanol–water partition coefficient (Wildman–Crippen LogP) is 1.05. The quantitative estimate of drug-likeness (QED) is 0.541. The van der Waals surface area contributed by atoms with E-state index in [2.05, 4.69) is 16.2 Å². The average Bonchev–Trinajstić information content (AvgIpc) is 3.18. The van der Waals surface area contributed by atoms with Crippen molar-refractivity contribution >= 4 is 11.6 Å². The summed E-state index contributed by atoms with van der Waals surface area (Å²) < 4.78 is 0. The fourth-order valence-corrected chi connectivity index (χ4v) is 3.02. The lowest BCUT2D eigenvalue weighted by atomic mass is 9.96. The number of hydrogen-bond acceptors (Lipinski definition) is 5. The van der Waals surface area contributed by atoms with Crippen molar-refractivity contribution in [2.75, 3.05) is 25.0 Å². The van der Waals surface area contributed by atoms with Crippen LogP contribution in [0.1, 0.15) is 28.5 Å². The Morgan fingerprint density at radius 3 is 2.32 bits per heavy atom. The van der Waals surface area contributed by atoms with Gasteiger partial charge in [-0.25, -0.2) is 0 Å². The van der Waals surface area contributed by atoms with Crippen LogP contribution < -0.4 is 21.9 Å². The van der Waals surface area contributed by atoms with Crippen LogP contribution in [0.25, 0.3) is 0 Å². The number of hydrazine groups is 1. The first-order valence-electron chi connectivity index (χ1n) is 8.47. The second kappa shape index (κ2) is 8.22. The first-order valence-corrected chi connectivity index (χ1v) is 8.47. The smallest absolute Gasteiger partial charge is 0.233 e. The lowest BCUT2D eigenvalue weighted by molar-refractivity contribution is -0.117. The molecule has 0 aliphatic carbocycles. The summed E-state index contributed by atoms with van der Waals surface area (Å²) in [6.45, 7) is 2.02. The van der Waals surface area contributed by atoms with Crippen molar-refractivity contribution in [3.05, 3.63) is 65.2 Å². The number of carbonyl (C=O) groups is 1. The van der Waals surface area contributed by atoms with Gasteiger partial charge in [-0.15, -0.1) is 0 Å². The van der Waals surface area contributed by atoms with Gasteiger partial charge in [0.1, 0.15) is 0 Å². The molecular weight excluding hydrogens is 316 g/mol. The number of aliphatic hydroxyl groups excluding tert-OH is 1. The number of nitrogens with two attached hydrogens (primary N) is 1. The Labute approximate surface area is 147 Å². The van der Waals surface area contributed by atoms with E-state index in [0.29, 0.717) is 5.92 Å². The van der Waals surface area contributed by atoms with Crippen molar-refractivity contribution < 1.29 is 9.90 Å². The maximum atomic E-state index is 12.6. The van der Waals surface area contributed by atoms with Crippen LogP contribution in [-0.2, 0) is 11.4 Å². The zero-order valence-electron chi connectivity index (χ0n) is 14.0. The number of carbonyl (C=O) groups excluding carboxylic acids is 1. The number of nitrogens with one attached hydrogen (secondary N) is 3. The molecule has 0 saturated carbocycles. The molecule has 1 aliphatic rings. The third-order valence-corrected chi connectivity index (χ3v) is 4.59. The van der Waals surface area contributed by atoms with Crippen LogP contribution in [0.2, 0.25) is 0 Å². The SMILES string of the molecule is NCC(C(=O)Nc1ccc(C2CNNC2)cc1)c1ccc(CO)cc1. The van der Waals surface area contributed by atoms with Gasteiger partial charge in [-0.2, -0.15) is 0 Å². The van der Waals surface area contributed by atoms with E-state index in [-0.39, 0.29) is 19.1 Å². The highest BCUT2D eigenvalue weighted by molar-refractivity contribution is 5.96. The lowest BCUT2D eigenvalue weighted by Gasteiger charge is -2.16. The molecule has 6 nitrogen and oxygen atoms in total. The highest BCUT2D eigenvalue weighted by atomic mass is 16.3. The van der Waals surface area contributed by atoms with Gasteiger partial charge < -0.3 is 16.2 Å². The van der Waals surface area contributed by atoms with Gasteiger partial charge >= 0.3 is 0 Å². The van der Waals surface area contributed by atoms with E-state index in [0.717, 1.165) is 29.9 Å². The summed E-state index contributed by atoms with van der Waals surface area (Å²) >= 11 is 0. The molecule has 2 aromatic carbocycles. The molecule has 1 unspecified atom stereocenters. The molecule has 1 atom stereocenters. The number of benzene rings is 2. The van der Waals surface area contributed by atoms with E-state index in [4.69, 9.17) is 10.8 Å². The number of aliphatic hydroxyl groups is 1. The van der Waals surface area contributed by atoms with Gasteiger partial charge in [0.05, 0.1) is 12.5 Å². The van der Waals surface area contributed by atoms with Crippen LogP contribution in [0, 0.1) is 0 Å². The Hall–Kier alpha value is -2.25. The minimum atomic E-state index is -0.421. The van der Waals surface area contributed by atoms with Crippen molar-refractivity contribution in [3.63, 3.8) is 0 Å². The molecule has 0 radical (unpaired) electrons. The molecule has 0 aromatic heterocycles. The number of amides is 1. The second-order valence-corrected chi connectivity index (χ2v) is 6.26. The molecule has 25 heavy (non-hydrogen) atoms. The van der Waals surface area contributed by atoms with E-state index < -0.39 is 5.92 Å². The van der Waals surface area contributed by atoms with Gasteiger partial charge in [-0.3, -0.25) is 15.6 Å².